The van der Waals surface area contributed by atoms with Gasteiger partial charge in [0.2, 0.25) is 0 Å². The summed E-state index contributed by atoms with van der Waals surface area (Å²) in [6.07, 6.45) is 2.66. The first-order valence-electron chi connectivity index (χ1n) is 9.03. The van der Waals surface area contributed by atoms with Crippen LogP contribution in [0, 0.1) is 5.41 Å². The summed E-state index contributed by atoms with van der Waals surface area (Å²) in [4.78, 5) is 19.2. The minimum absolute atomic E-state index is 0.0520. The third kappa shape index (κ3) is 2.88. The highest BCUT2D eigenvalue weighted by atomic mass is 16.2. The molecule has 1 saturated heterocycles. The van der Waals surface area contributed by atoms with Gasteiger partial charge in [0.1, 0.15) is 6.33 Å². The normalized spacial score (nSPS) is 19.7. The van der Waals surface area contributed by atoms with Crippen molar-refractivity contribution < 1.29 is 4.79 Å². The fraction of sp³-hybridized carbons (Fsp3) is 0.333. The molecule has 2 aromatic carbocycles. The minimum Gasteiger partial charge on any atom is -0.338 e. The Balaban J connectivity index is 1.57. The van der Waals surface area contributed by atoms with Crippen LogP contribution in [0.5, 0.6) is 0 Å². The summed E-state index contributed by atoms with van der Waals surface area (Å²) in [5, 5.41) is 0. The van der Waals surface area contributed by atoms with Crippen LogP contribution in [0.25, 0.3) is 16.7 Å². The molecule has 5 heteroatoms. The largest absolute Gasteiger partial charge is 0.338 e. The van der Waals surface area contributed by atoms with Crippen LogP contribution >= 0.6 is 0 Å². The second-order valence-electron chi connectivity index (χ2n) is 7.76. The van der Waals surface area contributed by atoms with E-state index in [1.807, 2.05) is 64.3 Å². The molecule has 1 amide bonds. The van der Waals surface area contributed by atoms with Crippen molar-refractivity contribution in [2.75, 3.05) is 13.1 Å². The summed E-state index contributed by atoms with van der Waals surface area (Å²) in [6.45, 7) is 5.67. The predicted molar refractivity (Wildman–Crippen MR) is 103 cm³/mol. The monoisotopic (exact) mass is 348 g/mol. The molecule has 1 fully saturated rings. The van der Waals surface area contributed by atoms with E-state index in [0.29, 0.717) is 12.1 Å². The van der Waals surface area contributed by atoms with Crippen molar-refractivity contribution in [2.24, 2.45) is 11.1 Å². The number of imidazole rings is 1. The number of piperidine rings is 1. The van der Waals surface area contributed by atoms with Gasteiger partial charge in [-0.25, -0.2) is 4.98 Å². The number of carbonyl (C=O) groups excluding carboxylic acids is 1. The molecule has 1 unspecified atom stereocenters. The summed E-state index contributed by atoms with van der Waals surface area (Å²) >= 11 is 0. The van der Waals surface area contributed by atoms with Crippen LogP contribution in [-0.2, 0) is 0 Å². The third-order valence-corrected chi connectivity index (χ3v) is 5.45. The Labute approximate surface area is 153 Å². The van der Waals surface area contributed by atoms with E-state index in [2.05, 4.69) is 18.8 Å². The first-order valence-corrected chi connectivity index (χ1v) is 9.03. The lowest BCUT2D eigenvalue weighted by molar-refractivity contribution is 0.0533. The number of benzene rings is 2. The average molecular weight is 348 g/mol. The zero-order valence-corrected chi connectivity index (χ0v) is 15.2. The highest BCUT2D eigenvalue weighted by molar-refractivity contribution is 5.94. The Morgan fingerprint density at radius 1 is 1.15 bits per heavy atom. The van der Waals surface area contributed by atoms with Crippen LogP contribution < -0.4 is 5.73 Å². The van der Waals surface area contributed by atoms with Gasteiger partial charge >= 0.3 is 0 Å². The van der Waals surface area contributed by atoms with Crippen LogP contribution in [0.4, 0.5) is 0 Å². The predicted octanol–water partition coefficient (Wildman–Crippen LogP) is 3.22. The quantitative estimate of drug-likeness (QED) is 0.773. The van der Waals surface area contributed by atoms with Crippen molar-refractivity contribution in [3.63, 3.8) is 0 Å². The van der Waals surface area contributed by atoms with E-state index in [0.717, 1.165) is 29.7 Å². The number of rotatable bonds is 2. The minimum atomic E-state index is -0.0520. The lowest BCUT2D eigenvalue weighted by Gasteiger charge is -2.42. The molecular weight excluding hydrogens is 324 g/mol. The van der Waals surface area contributed by atoms with Crippen molar-refractivity contribution >= 4 is 16.9 Å². The van der Waals surface area contributed by atoms with Crippen molar-refractivity contribution in [1.82, 2.24) is 14.5 Å². The van der Waals surface area contributed by atoms with Gasteiger partial charge in [-0.2, -0.15) is 0 Å². The van der Waals surface area contributed by atoms with E-state index >= 15 is 0 Å². The van der Waals surface area contributed by atoms with E-state index in [1.54, 1.807) is 0 Å². The molecule has 0 radical (unpaired) electrons. The molecule has 0 spiro atoms. The molecule has 1 aliphatic rings. The topological polar surface area (TPSA) is 64.2 Å². The number of para-hydroxylation sites is 2. The summed E-state index contributed by atoms with van der Waals surface area (Å²) < 4.78 is 2.03. The van der Waals surface area contributed by atoms with Gasteiger partial charge in [0.05, 0.1) is 11.0 Å². The maximum Gasteiger partial charge on any atom is 0.253 e. The Morgan fingerprint density at radius 2 is 1.88 bits per heavy atom. The molecule has 1 aromatic heterocycles. The van der Waals surface area contributed by atoms with Crippen molar-refractivity contribution in [1.29, 1.82) is 0 Å². The molecular formula is C21H24N4O. The fourth-order valence-corrected chi connectivity index (χ4v) is 3.66. The van der Waals surface area contributed by atoms with Crippen LogP contribution in [0.3, 0.4) is 0 Å². The van der Waals surface area contributed by atoms with Crippen molar-refractivity contribution in [3.8, 4) is 5.69 Å². The van der Waals surface area contributed by atoms with E-state index in [1.165, 1.54) is 0 Å². The van der Waals surface area contributed by atoms with Gasteiger partial charge in [-0.1, -0.05) is 26.0 Å². The van der Waals surface area contributed by atoms with Gasteiger partial charge < -0.3 is 10.6 Å². The zero-order chi connectivity index (χ0) is 18.3. The van der Waals surface area contributed by atoms with Crippen LogP contribution in [-0.4, -0.2) is 39.5 Å². The van der Waals surface area contributed by atoms with E-state index < -0.39 is 0 Å². The lowest BCUT2D eigenvalue weighted by Crippen LogP contribution is -2.53. The van der Waals surface area contributed by atoms with E-state index in [9.17, 15) is 4.79 Å². The van der Waals surface area contributed by atoms with Gasteiger partial charge in [-0.05, 0) is 48.2 Å². The first kappa shape index (κ1) is 16.8. The molecule has 0 bridgehead atoms. The molecule has 2 N–H and O–H groups in total. The summed E-state index contributed by atoms with van der Waals surface area (Å²) in [5.41, 5.74) is 9.86. The number of nitrogens with two attached hydrogens (primary N) is 1. The van der Waals surface area contributed by atoms with Gasteiger partial charge in [0, 0.05) is 30.4 Å². The Bertz CT molecular complexity index is 942. The molecule has 26 heavy (non-hydrogen) atoms. The summed E-state index contributed by atoms with van der Waals surface area (Å²) in [7, 11) is 0. The summed E-state index contributed by atoms with van der Waals surface area (Å²) in [5.74, 6) is 0.0759. The van der Waals surface area contributed by atoms with Gasteiger partial charge in [-0.3, -0.25) is 9.36 Å². The van der Waals surface area contributed by atoms with Crippen LogP contribution in [0.2, 0.25) is 0 Å². The number of carbonyl (C=O) groups is 1. The number of nitrogens with zero attached hydrogens (tertiary/aromatic N) is 3. The maximum absolute atomic E-state index is 12.9. The molecule has 1 aliphatic heterocycles. The highest BCUT2D eigenvalue weighted by Gasteiger charge is 2.35. The molecule has 134 valence electrons. The second-order valence-corrected chi connectivity index (χ2v) is 7.76. The third-order valence-electron chi connectivity index (χ3n) is 5.45. The summed E-state index contributed by atoms with van der Waals surface area (Å²) in [6, 6.07) is 15.9. The molecule has 5 nitrogen and oxygen atoms in total. The highest BCUT2D eigenvalue weighted by Crippen LogP contribution is 2.28. The number of amides is 1. The molecule has 3 aromatic rings. The Kier molecular flexibility index (Phi) is 4.04. The SMILES string of the molecule is CC1(C)CN(C(=O)c2ccc(-n3cnc4ccccc43)cc2)CCC1N. The average Bonchev–Trinajstić information content (AvgIpc) is 3.07. The first-order chi connectivity index (χ1) is 12.5. The number of hydrogen-bond acceptors (Lipinski definition) is 3. The van der Waals surface area contributed by atoms with E-state index in [4.69, 9.17) is 5.73 Å². The standard InChI is InChI=1S/C21H24N4O/c1-21(2)13-24(12-11-19(21)22)20(26)15-7-9-16(10-8-15)25-14-23-17-5-3-4-6-18(17)25/h3-10,14,19H,11-13,22H2,1-2H3. The number of hydrogen-bond donors (Lipinski definition) is 1. The second kappa shape index (κ2) is 6.25. The number of aromatic nitrogens is 2. The zero-order valence-electron chi connectivity index (χ0n) is 15.2. The van der Waals surface area contributed by atoms with Gasteiger partial charge in [-0.15, -0.1) is 0 Å². The molecule has 0 saturated carbocycles. The van der Waals surface area contributed by atoms with Crippen LogP contribution in [0.1, 0.15) is 30.6 Å². The maximum atomic E-state index is 12.9. The van der Waals surface area contributed by atoms with E-state index in [-0.39, 0.29) is 17.4 Å². The number of fused-ring (bicyclic) bond motifs is 1. The van der Waals surface area contributed by atoms with Crippen LogP contribution in [0.15, 0.2) is 54.9 Å². The number of likely N-dealkylation sites (tertiary alicyclic amines) is 1. The fourth-order valence-electron chi connectivity index (χ4n) is 3.66. The van der Waals surface area contributed by atoms with Crippen molar-refractivity contribution in [2.45, 2.75) is 26.3 Å². The van der Waals surface area contributed by atoms with Gasteiger partial charge in [0.25, 0.3) is 5.91 Å². The molecule has 1 atom stereocenters. The smallest absolute Gasteiger partial charge is 0.253 e. The Hall–Kier alpha value is -2.66. The lowest BCUT2D eigenvalue weighted by atomic mass is 9.79. The molecule has 2 heterocycles. The molecule has 4 rings (SSSR count). The Morgan fingerprint density at radius 3 is 2.62 bits per heavy atom. The van der Waals surface area contributed by atoms with Gasteiger partial charge in [0.15, 0.2) is 0 Å². The molecule has 0 aliphatic carbocycles. The van der Waals surface area contributed by atoms with Crippen molar-refractivity contribution in [3.05, 3.63) is 60.4 Å².